The summed E-state index contributed by atoms with van der Waals surface area (Å²) in [7, 11) is 1.57. The number of rotatable bonds is 4. The SMILES string of the molecule is COc1ccc(Cc2noc(C3CNC(=O)CN3)n2)cn1. The number of amides is 1. The van der Waals surface area contributed by atoms with Gasteiger partial charge in [0.2, 0.25) is 17.7 Å². The molecule has 1 aliphatic rings. The van der Waals surface area contributed by atoms with Gasteiger partial charge in [-0.3, -0.25) is 10.1 Å². The van der Waals surface area contributed by atoms with E-state index in [1.807, 2.05) is 6.07 Å². The molecule has 1 amide bonds. The van der Waals surface area contributed by atoms with Crippen LogP contribution in [0.4, 0.5) is 0 Å². The van der Waals surface area contributed by atoms with Crippen molar-refractivity contribution in [2.75, 3.05) is 20.2 Å². The lowest BCUT2D eigenvalue weighted by molar-refractivity contribution is -0.121. The lowest BCUT2D eigenvalue weighted by Crippen LogP contribution is -2.47. The van der Waals surface area contributed by atoms with Gasteiger partial charge in [-0.1, -0.05) is 11.2 Å². The Hall–Kier alpha value is -2.48. The van der Waals surface area contributed by atoms with E-state index in [1.54, 1.807) is 19.4 Å². The summed E-state index contributed by atoms with van der Waals surface area (Å²) in [5, 5.41) is 9.74. The van der Waals surface area contributed by atoms with Crippen molar-refractivity contribution in [3.63, 3.8) is 0 Å². The van der Waals surface area contributed by atoms with Crippen molar-refractivity contribution in [1.82, 2.24) is 25.8 Å². The fourth-order valence-electron chi connectivity index (χ4n) is 2.04. The zero-order valence-electron chi connectivity index (χ0n) is 11.5. The summed E-state index contributed by atoms with van der Waals surface area (Å²) in [5.41, 5.74) is 0.966. The zero-order valence-corrected chi connectivity index (χ0v) is 11.5. The molecule has 3 rings (SSSR count). The molecule has 2 aromatic heterocycles. The third-order valence-corrected chi connectivity index (χ3v) is 3.16. The maximum atomic E-state index is 11.1. The third-order valence-electron chi connectivity index (χ3n) is 3.16. The lowest BCUT2D eigenvalue weighted by Gasteiger charge is -2.20. The van der Waals surface area contributed by atoms with E-state index in [0.29, 0.717) is 30.6 Å². The van der Waals surface area contributed by atoms with Crippen molar-refractivity contribution >= 4 is 5.91 Å². The summed E-state index contributed by atoms with van der Waals surface area (Å²) in [6, 6.07) is 3.55. The molecule has 2 N–H and O–H groups in total. The van der Waals surface area contributed by atoms with E-state index in [0.717, 1.165) is 5.56 Å². The maximum Gasteiger partial charge on any atom is 0.245 e. The fraction of sp³-hybridized carbons (Fsp3) is 0.385. The van der Waals surface area contributed by atoms with Gasteiger partial charge in [0, 0.05) is 25.2 Å². The average Bonchev–Trinajstić information content (AvgIpc) is 2.97. The summed E-state index contributed by atoms with van der Waals surface area (Å²) in [6.07, 6.45) is 2.24. The number of pyridine rings is 1. The standard InChI is InChI=1S/C13H15N5O3/c1-20-12-3-2-8(5-16-12)4-10-17-13(21-18-10)9-6-15-11(19)7-14-9/h2-3,5,9,14H,4,6-7H2,1H3,(H,15,19). The van der Waals surface area contributed by atoms with Crippen LogP contribution in [0.2, 0.25) is 0 Å². The molecule has 0 aliphatic carbocycles. The highest BCUT2D eigenvalue weighted by Crippen LogP contribution is 2.14. The van der Waals surface area contributed by atoms with Crippen LogP contribution in [0.25, 0.3) is 0 Å². The number of ether oxygens (including phenoxy) is 1. The first-order valence-corrected chi connectivity index (χ1v) is 6.56. The molecule has 8 heteroatoms. The molecular formula is C13H15N5O3. The summed E-state index contributed by atoms with van der Waals surface area (Å²) >= 11 is 0. The van der Waals surface area contributed by atoms with Gasteiger partial charge in [0.25, 0.3) is 0 Å². The van der Waals surface area contributed by atoms with Crippen LogP contribution in [-0.4, -0.2) is 41.2 Å². The van der Waals surface area contributed by atoms with Crippen LogP contribution in [0.5, 0.6) is 5.88 Å². The van der Waals surface area contributed by atoms with Crippen LogP contribution >= 0.6 is 0 Å². The van der Waals surface area contributed by atoms with Crippen molar-refractivity contribution in [1.29, 1.82) is 0 Å². The van der Waals surface area contributed by atoms with Gasteiger partial charge in [-0.15, -0.1) is 0 Å². The quantitative estimate of drug-likeness (QED) is 0.805. The molecule has 110 valence electrons. The number of methoxy groups -OCH3 is 1. The molecular weight excluding hydrogens is 274 g/mol. The van der Waals surface area contributed by atoms with E-state index in [9.17, 15) is 4.79 Å². The Balaban J connectivity index is 1.65. The minimum Gasteiger partial charge on any atom is -0.481 e. The predicted molar refractivity (Wildman–Crippen MR) is 71.6 cm³/mol. The largest absolute Gasteiger partial charge is 0.481 e. The predicted octanol–water partition coefficient (Wildman–Crippen LogP) is -0.176. The monoisotopic (exact) mass is 289 g/mol. The highest BCUT2D eigenvalue weighted by atomic mass is 16.5. The first kappa shape index (κ1) is 13.5. The normalized spacial score (nSPS) is 18.3. The van der Waals surface area contributed by atoms with Crippen molar-refractivity contribution in [3.8, 4) is 5.88 Å². The second kappa shape index (κ2) is 5.88. The third kappa shape index (κ3) is 3.16. The Morgan fingerprint density at radius 2 is 2.38 bits per heavy atom. The second-order valence-electron chi connectivity index (χ2n) is 4.67. The number of hydrogen-bond donors (Lipinski definition) is 2. The molecule has 0 aromatic carbocycles. The van der Waals surface area contributed by atoms with Crippen LogP contribution in [0.15, 0.2) is 22.9 Å². The van der Waals surface area contributed by atoms with Crippen molar-refractivity contribution in [2.45, 2.75) is 12.5 Å². The number of piperazine rings is 1. The van der Waals surface area contributed by atoms with Gasteiger partial charge >= 0.3 is 0 Å². The van der Waals surface area contributed by atoms with E-state index in [2.05, 4.69) is 25.8 Å². The zero-order chi connectivity index (χ0) is 14.7. The molecule has 0 spiro atoms. The Morgan fingerprint density at radius 3 is 3.05 bits per heavy atom. The van der Waals surface area contributed by atoms with Gasteiger partial charge in [-0.05, 0) is 5.56 Å². The summed E-state index contributed by atoms with van der Waals surface area (Å²) in [6.45, 7) is 0.704. The molecule has 1 unspecified atom stereocenters. The minimum absolute atomic E-state index is 0.0321. The highest BCUT2D eigenvalue weighted by molar-refractivity contribution is 5.78. The molecule has 8 nitrogen and oxygen atoms in total. The number of carbonyl (C=O) groups is 1. The van der Waals surface area contributed by atoms with Gasteiger partial charge in [0.05, 0.1) is 13.7 Å². The number of hydrogen-bond acceptors (Lipinski definition) is 7. The molecule has 1 atom stereocenters. The van der Waals surface area contributed by atoms with E-state index < -0.39 is 0 Å². The van der Waals surface area contributed by atoms with Crippen molar-refractivity contribution < 1.29 is 14.1 Å². The molecule has 2 aromatic rings. The van der Waals surface area contributed by atoms with Gasteiger partial charge in [-0.25, -0.2) is 4.98 Å². The Morgan fingerprint density at radius 1 is 1.48 bits per heavy atom. The molecule has 0 saturated carbocycles. The first-order chi connectivity index (χ1) is 10.2. The van der Waals surface area contributed by atoms with Gasteiger partial charge < -0.3 is 14.6 Å². The molecule has 21 heavy (non-hydrogen) atoms. The Labute approximate surface area is 120 Å². The fourth-order valence-corrected chi connectivity index (χ4v) is 2.04. The summed E-state index contributed by atoms with van der Waals surface area (Å²) in [5.74, 6) is 1.59. The van der Waals surface area contributed by atoms with E-state index in [4.69, 9.17) is 9.26 Å². The van der Waals surface area contributed by atoms with E-state index in [1.165, 1.54) is 0 Å². The Kier molecular flexibility index (Phi) is 3.78. The van der Waals surface area contributed by atoms with E-state index in [-0.39, 0.29) is 18.5 Å². The minimum atomic E-state index is -0.141. The van der Waals surface area contributed by atoms with Crippen LogP contribution in [0.3, 0.4) is 0 Å². The molecule has 3 heterocycles. The van der Waals surface area contributed by atoms with Crippen LogP contribution < -0.4 is 15.4 Å². The smallest absolute Gasteiger partial charge is 0.245 e. The van der Waals surface area contributed by atoms with Gasteiger partial charge in [-0.2, -0.15) is 4.98 Å². The molecule has 1 fully saturated rings. The molecule has 1 saturated heterocycles. The number of nitrogens with zero attached hydrogens (tertiary/aromatic N) is 3. The van der Waals surface area contributed by atoms with Crippen molar-refractivity contribution in [2.24, 2.45) is 0 Å². The summed E-state index contributed by atoms with van der Waals surface area (Å²) in [4.78, 5) is 19.6. The van der Waals surface area contributed by atoms with Crippen LogP contribution in [0, 0.1) is 0 Å². The van der Waals surface area contributed by atoms with Gasteiger partial charge in [0.1, 0.15) is 6.04 Å². The number of aromatic nitrogens is 3. The van der Waals surface area contributed by atoms with Crippen LogP contribution in [-0.2, 0) is 11.2 Å². The maximum absolute atomic E-state index is 11.1. The molecule has 1 aliphatic heterocycles. The molecule has 0 bridgehead atoms. The van der Waals surface area contributed by atoms with Crippen molar-refractivity contribution in [3.05, 3.63) is 35.6 Å². The lowest BCUT2D eigenvalue weighted by atomic mass is 10.2. The topological polar surface area (TPSA) is 102 Å². The summed E-state index contributed by atoms with van der Waals surface area (Å²) < 4.78 is 10.2. The van der Waals surface area contributed by atoms with Gasteiger partial charge in [0.15, 0.2) is 5.82 Å². The van der Waals surface area contributed by atoms with E-state index >= 15 is 0 Å². The number of nitrogens with one attached hydrogen (secondary N) is 2. The average molecular weight is 289 g/mol. The Bertz CT molecular complexity index is 615. The van der Waals surface area contributed by atoms with Crippen LogP contribution in [0.1, 0.15) is 23.3 Å². The highest BCUT2D eigenvalue weighted by Gasteiger charge is 2.23. The molecule has 0 radical (unpaired) electrons. The first-order valence-electron chi connectivity index (χ1n) is 6.56. The second-order valence-corrected chi connectivity index (χ2v) is 4.67. The number of carbonyl (C=O) groups excluding carboxylic acids is 1.